The second-order valence-corrected chi connectivity index (χ2v) is 10.8. The van der Waals surface area contributed by atoms with Gasteiger partial charge in [0.2, 0.25) is 5.96 Å². The Hall–Kier alpha value is -3.42. The van der Waals surface area contributed by atoms with E-state index < -0.39 is 40.0 Å². The van der Waals surface area contributed by atoms with Crippen LogP contribution >= 0.6 is 0 Å². The highest BCUT2D eigenvalue weighted by molar-refractivity contribution is 7.92. The summed E-state index contributed by atoms with van der Waals surface area (Å²) in [7, 11) is -2.93. The van der Waals surface area contributed by atoms with E-state index >= 15 is 0 Å². The maximum Gasteiger partial charge on any atom is 0.422 e. The van der Waals surface area contributed by atoms with Crippen LogP contribution in [0.4, 0.5) is 23.2 Å². The maximum absolute atomic E-state index is 15.0. The second-order valence-electron chi connectivity index (χ2n) is 8.59. The van der Waals surface area contributed by atoms with E-state index in [1.165, 1.54) is 28.6 Å². The van der Waals surface area contributed by atoms with Gasteiger partial charge in [0.15, 0.2) is 6.61 Å². The highest BCUT2D eigenvalue weighted by Gasteiger charge is 2.42. The van der Waals surface area contributed by atoms with Gasteiger partial charge in [-0.25, -0.2) is 22.9 Å². The van der Waals surface area contributed by atoms with Gasteiger partial charge in [-0.3, -0.25) is 9.10 Å². The maximum atomic E-state index is 15.0. The number of rotatable bonds is 5. The molecule has 2 aliphatic heterocycles. The van der Waals surface area contributed by atoms with Gasteiger partial charge in [0.25, 0.3) is 5.91 Å². The molecule has 3 heterocycles. The van der Waals surface area contributed by atoms with E-state index in [0.29, 0.717) is 13.1 Å². The minimum atomic E-state index is -4.50. The summed E-state index contributed by atoms with van der Waals surface area (Å²) in [6.07, 6.45) is -1.99. The molecule has 1 aromatic carbocycles. The van der Waals surface area contributed by atoms with Crippen molar-refractivity contribution in [3.05, 3.63) is 53.6 Å². The Morgan fingerprint density at radius 3 is 2.75 bits per heavy atom. The third-order valence-electron chi connectivity index (χ3n) is 5.67. The Kier molecular flexibility index (Phi) is 6.82. The number of aliphatic imine (C=N–C) groups is 1. The Balaban J connectivity index is 1.56. The molecule has 0 unspecified atom stereocenters. The number of alkyl halides is 3. The minimum Gasteiger partial charge on any atom is -0.483 e. The lowest BCUT2D eigenvalue weighted by Crippen LogP contribution is -2.52. The van der Waals surface area contributed by atoms with Gasteiger partial charge in [-0.05, 0) is 50.1 Å². The van der Waals surface area contributed by atoms with Gasteiger partial charge < -0.3 is 15.8 Å². The predicted molar refractivity (Wildman–Crippen MR) is 125 cm³/mol. The number of nitrogens with two attached hydrogens (primary N) is 1. The molecular weight excluding hydrogens is 504 g/mol. The monoisotopic (exact) mass is 528 g/mol. The van der Waals surface area contributed by atoms with E-state index in [1.54, 1.807) is 6.92 Å². The van der Waals surface area contributed by atoms with Crippen molar-refractivity contribution in [3.63, 3.8) is 0 Å². The smallest absolute Gasteiger partial charge is 0.422 e. The molecule has 2 aliphatic rings. The first-order valence-electron chi connectivity index (χ1n) is 11.0. The van der Waals surface area contributed by atoms with Crippen LogP contribution in [-0.4, -0.2) is 57.0 Å². The number of halogens is 4. The normalized spacial score (nSPS) is 24.1. The number of guanidine groups is 1. The van der Waals surface area contributed by atoms with Crippen LogP contribution in [0.25, 0.3) is 0 Å². The molecule has 0 saturated heterocycles. The fourth-order valence-electron chi connectivity index (χ4n) is 3.99. The summed E-state index contributed by atoms with van der Waals surface area (Å²) in [4.78, 5) is 20.9. The first-order valence-corrected chi connectivity index (χ1v) is 12.6. The number of nitrogens with one attached hydrogen (secondary N) is 1. The molecule has 0 bridgehead atoms. The molecule has 0 radical (unpaired) electrons. The van der Waals surface area contributed by atoms with Gasteiger partial charge in [0, 0.05) is 17.8 Å². The van der Waals surface area contributed by atoms with Gasteiger partial charge in [0.1, 0.15) is 32.7 Å². The van der Waals surface area contributed by atoms with E-state index in [0.717, 1.165) is 25.1 Å². The summed E-state index contributed by atoms with van der Waals surface area (Å²) >= 11 is 0. The largest absolute Gasteiger partial charge is 0.483 e. The number of amides is 1. The molecule has 1 amide bonds. The zero-order valence-corrected chi connectivity index (χ0v) is 20.0. The molecule has 2 aromatic rings. The first-order chi connectivity index (χ1) is 16.9. The number of benzene rings is 1. The van der Waals surface area contributed by atoms with Crippen LogP contribution in [0.3, 0.4) is 0 Å². The highest BCUT2D eigenvalue weighted by Crippen LogP contribution is 2.36. The average Bonchev–Trinajstić information content (AvgIpc) is 3.00. The molecule has 14 heteroatoms. The summed E-state index contributed by atoms with van der Waals surface area (Å²) in [5.74, 6) is -1.51. The lowest BCUT2D eigenvalue weighted by Gasteiger charge is -2.38. The molecule has 2 atom stereocenters. The number of fused-ring (bicyclic) bond motifs is 1. The summed E-state index contributed by atoms with van der Waals surface area (Å²) in [5, 5.41) is 2.57. The zero-order valence-electron chi connectivity index (χ0n) is 19.2. The Morgan fingerprint density at radius 1 is 1.28 bits per heavy atom. The van der Waals surface area contributed by atoms with Crippen LogP contribution < -0.4 is 15.8 Å². The van der Waals surface area contributed by atoms with Crippen molar-refractivity contribution in [2.45, 2.75) is 31.5 Å². The highest BCUT2D eigenvalue weighted by atomic mass is 32.2. The summed E-state index contributed by atoms with van der Waals surface area (Å²) in [6.45, 7) is 0.973. The van der Waals surface area contributed by atoms with Crippen LogP contribution in [0, 0.1) is 5.82 Å². The zero-order chi connectivity index (χ0) is 26.1. The molecule has 0 spiro atoms. The van der Waals surface area contributed by atoms with Crippen LogP contribution in [0.5, 0.6) is 5.75 Å². The van der Waals surface area contributed by atoms with Crippen LogP contribution in [0.2, 0.25) is 0 Å². The third kappa shape index (κ3) is 5.53. The first kappa shape index (κ1) is 25.7. The topological polar surface area (TPSA) is 122 Å². The third-order valence-corrected chi connectivity index (χ3v) is 8.25. The number of ether oxygens (including phenoxy) is 1. The van der Waals surface area contributed by atoms with Crippen LogP contribution in [-0.2, 0) is 15.5 Å². The molecule has 0 saturated carbocycles. The van der Waals surface area contributed by atoms with Gasteiger partial charge in [-0.15, -0.1) is 0 Å². The van der Waals surface area contributed by atoms with E-state index in [2.05, 4.69) is 24.4 Å². The number of hydrogen-bond acceptors (Lipinski definition) is 7. The lowest BCUT2D eigenvalue weighted by molar-refractivity contribution is -0.153. The number of nitrogens with zero attached hydrogens (tertiary/aromatic N) is 4. The SMILES string of the molecule is C[C@@]1(c2cc(NC(=O)c3ccc(OCC(F)(F)F)cn3)ccc2F)C[S@@]2(=O)=NCCCCN2C(N)=N1. The number of anilines is 1. The van der Waals surface area contributed by atoms with Crippen molar-refractivity contribution in [2.75, 3.05) is 30.8 Å². The Bertz CT molecular complexity index is 1310. The Morgan fingerprint density at radius 2 is 2.06 bits per heavy atom. The molecular formula is C22H24F4N6O3S. The second kappa shape index (κ2) is 9.56. The minimum absolute atomic E-state index is 0.0188. The van der Waals surface area contributed by atoms with Gasteiger partial charge in [-0.2, -0.15) is 13.2 Å². The van der Waals surface area contributed by atoms with Crippen molar-refractivity contribution >= 4 is 27.5 Å². The number of carbonyl (C=O) groups excluding carboxylic acids is 1. The van der Waals surface area contributed by atoms with E-state index in [1.807, 2.05) is 0 Å². The summed E-state index contributed by atoms with van der Waals surface area (Å²) in [6, 6.07) is 6.24. The molecule has 9 nitrogen and oxygen atoms in total. The Labute approximate surface area is 205 Å². The molecule has 1 aromatic heterocycles. The van der Waals surface area contributed by atoms with Crippen LogP contribution in [0.1, 0.15) is 35.8 Å². The van der Waals surface area contributed by atoms with Gasteiger partial charge in [0.05, 0.1) is 18.5 Å². The van der Waals surface area contributed by atoms with E-state index in [-0.39, 0.29) is 34.4 Å². The van der Waals surface area contributed by atoms with Crippen molar-refractivity contribution < 1.29 is 31.3 Å². The molecule has 4 rings (SSSR count). The quantitative estimate of drug-likeness (QED) is 0.576. The van der Waals surface area contributed by atoms with E-state index in [9.17, 15) is 26.6 Å². The average molecular weight is 529 g/mol. The number of pyridine rings is 1. The van der Waals surface area contributed by atoms with Crippen molar-refractivity contribution in [1.82, 2.24) is 9.29 Å². The van der Waals surface area contributed by atoms with Crippen LogP contribution in [0.15, 0.2) is 45.9 Å². The lowest BCUT2D eigenvalue weighted by atomic mass is 9.93. The number of aromatic nitrogens is 1. The van der Waals surface area contributed by atoms with E-state index in [4.69, 9.17) is 5.73 Å². The fourth-order valence-corrected chi connectivity index (χ4v) is 6.49. The summed E-state index contributed by atoms with van der Waals surface area (Å²) in [5.41, 5.74) is 5.02. The number of carbonyl (C=O) groups is 1. The number of hydrogen-bond donors (Lipinski definition) is 2. The van der Waals surface area contributed by atoms with Crippen molar-refractivity contribution in [2.24, 2.45) is 15.1 Å². The van der Waals surface area contributed by atoms with Gasteiger partial charge in [-0.1, -0.05) is 0 Å². The molecule has 0 fully saturated rings. The molecule has 0 aliphatic carbocycles. The van der Waals surface area contributed by atoms with Gasteiger partial charge >= 0.3 is 6.18 Å². The predicted octanol–water partition coefficient (Wildman–Crippen LogP) is 3.44. The summed E-state index contributed by atoms with van der Waals surface area (Å²) < 4.78 is 75.8. The molecule has 194 valence electrons. The molecule has 3 N–H and O–H groups in total. The fraction of sp³-hybridized carbons (Fsp3) is 0.409. The molecule has 36 heavy (non-hydrogen) atoms. The van der Waals surface area contributed by atoms with Crippen molar-refractivity contribution in [3.8, 4) is 5.75 Å². The standard InChI is InChI=1S/C22H24F4N6O3S/c1-21(13-36(34)29-8-2-3-9-32(36)20(27)31-21)16-10-14(4-6-17(16)23)30-19(33)18-7-5-15(11-28-18)35-12-22(24,25)26/h4-7,10-11H,2-3,8-9,12-13H2,1H3,(H2,27,31)(H,30,33)/t21-,36+/m0/s1. The van der Waals surface area contributed by atoms with Crippen molar-refractivity contribution in [1.29, 1.82) is 0 Å².